The predicted octanol–water partition coefficient (Wildman–Crippen LogP) is 6.06. The molecule has 1 fully saturated rings. The minimum atomic E-state index is -0.312. The topological polar surface area (TPSA) is 50.4 Å². The number of ether oxygens (including phenoxy) is 1. The van der Waals surface area contributed by atoms with Gasteiger partial charge in [-0.1, -0.05) is 42.6 Å². The van der Waals surface area contributed by atoms with Crippen molar-refractivity contribution < 1.29 is 9.53 Å². The Morgan fingerprint density at radius 1 is 1.17 bits per heavy atom. The second-order valence-electron chi connectivity index (χ2n) is 7.89. The Bertz CT molecular complexity index is 893. The number of thiocarbonyl (C=S) groups is 1. The fraction of sp³-hybridized carbons (Fsp3) is 0.417. The quantitative estimate of drug-likeness (QED) is 0.401. The highest BCUT2D eigenvalue weighted by molar-refractivity contribution is 7.80. The van der Waals surface area contributed by atoms with E-state index in [1.54, 1.807) is 13.0 Å². The number of esters is 1. The van der Waals surface area contributed by atoms with Gasteiger partial charge >= 0.3 is 5.97 Å². The lowest BCUT2D eigenvalue weighted by molar-refractivity contribution is 0.0525. The Hall–Kier alpha value is -2.11. The summed E-state index contributed by atoms with van der Waals surface area (Å²) in [4.78, 5) is 12.2. The zero-order chi connectivity index (χ0) is 21.6. The van der Waals surface area contributed by atoms with E-state index in [1.165, 1.54) is 18.4 Å². The van der Waals surface area contributed by atoms with Crippen LogP contribution in [0.1, 0.15) is 60.5 Å². The van der Waals surface area contributed by atoms with Gasteiger partial charge in [0.2, 0.25) is 0 Å². The van der Waals surface area contributed by atoms with Gasteiger partial charge in [-0.3, -0.25) is 0 Å². The molecule has 0 aliphatic heterocycles. The average Bonchev–Trinajstić information content (AvgIpc) is 3.18. The molecule has 0 saturated heterocycles. The Balaban J connectivity index is 1.66. The lowest BCUT2D eigenvalue weighted by atomic mass is 9.89. The number of rotatable bonds is 7. The first kappa shape index (κ1) is 22.6. The summed E-state index contributed by atoms with van der Waals surface area (Å²) in [6.45, 7) is 4.06. The molecular formula is C24H29ClN2O2S. The Morgan fingerprint density at radius 3 is 2.53 bits per heavy atom. The summed E-state index contributed by atoms with van der Waals surface area (Å²) in [5.74, 6) is -0.312. The minimum Gasteiger partial charge on any atom is -0.462 e. The largest absolute Gasteiger partial charge is 0.462 e. The lowest BCUT2D eigenvalue weighted by Gasteiger charge is -2.32. The second kappa shape index (κ2) is 10.3. The molecule has 4 nitrogen and oxygen atoms in total. The molecule has 0 heterocycles. The van der Waals surface area contributed by atoms with Crippen LogP contribution in [0.2, 0.25) is 5.02 Å². The third-order valence-corrected chi connectivity index (χ3v) is 6.28. The minimum absolute atomic E-state index is 0.00360. The number of hydrogen-bond donors (Lipinski definition) is 2. The molecule has 0 radical (unpaired) electrons. The van der Waals surface area contributed by atoms with Crippen LogP contribution in [0.15, 0.2) is 42.5 Å². The Morgan fingerprint density at radius 2 is 1.87 bits per heavy atom. The molecule has 0 aromatic heterocycles. The molecule has 1 saturated carbocycles. The summed E-state index contributed by atoms with van der Waals surface area (Å²) in [5, 5.41) is 8.26. The summed E-state index contributed by atoms with van der Waals surface area (Å²) in [5.41, 5.74) is 3.49. The van der Waals surface area contributed by atoms with E-state index < -0.39 is 0 Å². The van der Waals surface area contributed by atoms with Crippen molar-refractivity contribution in [1.29, 1.82) is 0 Å². The van der Waals surface area contributed by atoms with E-state index in [1.807, 2.05) is 31.2 Å². The molecule has 2 aromatic rings. The zero-order valence-corrected chi connectivity index (χ0v) is 19.2. The molecule has 3 rings (SSSR count). The first-order valence-electron chi connectivity index (χ1n) is 10.5. The molecule has 0 amide bonds. The van der Waals surface area contributed by atoms with Gasteiger partial charge in [0, 0.05) is 16.2 Å². The fourth-order valence-electron chi connectivity index (χ4n) is 4.12. The maximum atomic E-state index is 12.2. The molecule has 6 heteroatoms. The monoisotopic (exact) mass is 444 g/mol. The molecule has 1 aliphatic rings. The SMILES string of the molecule is CCOC(=O)c1cccc(NC(=S)NC2(CCc3ccc(Cl)cc3)CCCC2)c1C. The molecule has 160 valence electrons. The van der Waals surface area contributed by atoms with Gasteiger partial charge in [0.05, 0.1) is 12.2 Å². The molecule has 30 heavy (non-hydrogen) atoms. The second-order valence-corrected chi connectivity index (χ2v) is 8.74. The van der Waals surface area contributed by atoms with Crippen molar-refractivity contribution in [2.45, 2.75) is 57.9 Å². The van der Waals surface area contributed by atoms with Crippen molar-refractivity contribution in [2.24, 2.45) is 0 Å². The normalized spacial score (nSPS) is 14.9. The Labute approximate surface area is 189 Å². The number of carbonyl (C=O) groups excluding carboxylic acids is 1. The van der Waals surface area contributed by atoms with Crippen LogP contribution >= 0.6 is 23.8 Å². The van der Waals surface area contributed by atoms with E-state index >= 15 is 0 Å². The van der Waals surface area contributed by atoms with Gasteiger partial charge in [-0.25, -0.2) is 4.79 Å². The van der Waals surface area contributed by atoms with Crippen LogP contribution in [0.4, 0.5) is 5.69 Å². The van der Waals surface area contributed by atoms with E-state index in [0.29, 0.717) is 17.3 Å². The summed E-state index contributed by atoms with van der Waals surface area (Å²) >= 11 is 11.7. The summed E-state index contributed by atoms with van der Waals surface area (Å²) in [6.07, 6.45) is 6.60. The maximum absolute atomic E-state index is 12.2. The van der Waals surface area contributed by atoms with Gasteiger partial charge in [0.15, 0.2) is 5.11 Å². The van der Waals surface area contributed by atoms with Crippen LogP contribution in [0.5, 0.6) is 0 Å². The molecular weight excluding hydrogens is 416 g/mol. The molecule has 0 unspecified atom stereocenters. The number of nitrogens with one attached hydrogen (secondary N) is 2. The first-order valence-corrected chi connectivity index (χ1v) is 11.3. The predicted molar refractivity (Wildman–Crippen MR) is 127 cm³/mol. The van der Waals surface area contributed by atoms with E-state index in [-0.39, 0.29) is 11.5 Å². The highest BCUT2D eigenvalue weighted by atomic mass is 35.5. The highest BCUT2D eigenvalue weighted by Gasteiger charge is 2.34. The number of halogens is 1. The van der Waals surface area contributed by atoms with Gasteiger partial charge in [-0.05, 0) is 87.1 Å². The van der Waals surface area contributed by atoms with Crippen molar-refractivity contribution >= 4 is 40.6 Å². The smallest absolute Gasteiger partial charge is 0.338 e. The van der Waals surface area contributed by atoms with Crippen molar-refractivity contribution in [3.8, 4) is 0 Å². The summed E-state index contributed by atoms with van der Waals surface area (Å²) < 4.78 is 5.15. The molecule has 0 spiro atoms. The number of benzene rings is 2. The molecule has 2 N–H and O–H groups in total. The van der Waals surface area contributed by atoms with Crippen molar-refractivity contribution in [3.63, 3.8) is 0 Å². The van der Waals surface area contributed by atoms with Crippen LogP contribution in [0.25, 0.3) is 0 Å². The van der Waals surface area contributed by atoms with E-state index in [2.05, 4.69) is 22.8 Å². The molecule has 0 atom stereocenters. The van der Waals surface area contributed by atoms with Crippen LogP contribution in [0, 0.1) is 6.92 Å². The number of carbonyl (C=O) groups is 1. The summed E-state index contributed by atoms with van der Waals surface area (Å²) in [7, 11) is 0. The third kappa shape index (κ3) is 5.73. The fourth-order valence-corrected chi connectivity index (χ4v) is 4.57. The number of anilines is 1. The van der Waals surface area contributed by atoms with Crippen molar-refractivity contribution in [3.05, 3.63) is 64.2 Å². The van der Waals surface area contributed by atoms with Crippen LogP contribution < -0.4 is 10.6 Å². The number of hydrogen-bond acceptors (Lipinski definition) is 3. The third-order valence-electron chi connectivity index (χ3n) is 5.82. The standard InChI is InChI=1S/C24H29ClN2O2S/c1-3-29-22(28)20-7-6-8-21(17(20)2)26-23(30)27-24(14-4-5-15-24)16-13-18-9-11-19(25)12-10-18/h6-12H,3-5,13-16H2,1-2H3,(H2,26,27,30). The van der Waals surface area contributed by atoms with Gasteiger partial charge in [0.25, 0.3) is 0 Å². The first-order chi connectivity index (χ1) is 14.4. The van der Waals surface area contributed by atoms with E-state index in [4.69, 9.17) is 28.6 Å². The van der Waals surface area contributed by atoms with Crippen LogP contribution in [-0.4, -0.2) is 23.2 Å². The summed E-state index contributed by atoms with van der Waals surface area (Å²) in [6, 6.07) is 13.6. The van der Waals surface area contributed by atoms with Crippen molar-refractivity contribution in [1.82, 2.24) is 5.32 Å². The number of aryl methyl sites for hydroxylation is 1. The molecule has 1 aliphatic carbocycles. The van der Waals surface area contributed by atoms with Gasteiger partial charge in [0.1, 0.15) is 0 Å². The van der Waals surface area contributed by atoms with Gasteiger partial charge < -0.3 is 15.4 Å². The molecule has 0 bridgehead atoms. The average molecular weight is 445 g/mol. The van der Waals surface area contributed by atoms with Gasteiger partial charge in [-0.2, -0.15) is 0 Å². The van der Waals surface area contributed by atoms with E-state index in [0.717, 1.165) is 42.0 Å². The van der Waals surface area contributed by atoms with E-state index in [9.17, 15) is 4.79 Å². The zero-order valence-electron chi connectivity index (χ0n) is 17.6. The Kier molecular flexibility index (Phi) is 7.73. The lowest BCUT2D eigenvalue weighted by Crippen LogP contribution is -2.48. The maximum Gasteiger partial charge on any atom is 0.338 e. The molecule has 2 aromatic carbocycles. The van der Waals surface area contributed by atoms with Crippen LogP contribution in [0.3, 0.4) is 0 Å². The highest BCUT2D eigenvalue weighted by Crippen LogP contribution is 2.34. The van der Waals surface area contributed by atoms with Gasteiger partial charge in [-0.15, -0.1) is 0 Å². The van der Waals surface area contributed by atoms with Crippen molar-refractivity contribution in [2.75, 3.05) is 11.9 Å². The van der Waals surface area contributed by atoms with Crippen LogP contribution in [-0.2, 0) is 11.2 Å².